The van der Waals surface area contributed by atoms with E-state index >= 15 is 0 Å². The second-order valence-electron chi connectivity index (χ2n) is 12.2. The minimum Gasteiger partial charge on any atom is -0.258 e. The minimum atomic E-state index is -0.415. The van der Waals surface area contributed by atoms with E-state index in [9.17, 15) is 30.3 Å². The van der Waals surface area contributed by atoms with Gasteiger partial charge in [0, 0.05) is 41.8 Å². The molecule has 6 rings (SSSR count). The van der Waals surface area contributed by atoms with Crippen LogP contribution in [0.25, 0.3) is 47.6 Å². The standard InChI is InChI=1S/C41H33N3O6/c1-3-41(4-2)38-26-31(7-5-28-10-18-34(19-11-28)42(45)46)16-24-37(38)40-33(17-9-30-14-22-36(23-15-30)44(49)50)25-32(27-39(40)41)8-6-29-12-20-35(21-13-29)43(47)48/h5-27H,3-4H2,1-2H3/b7-5+,8-6+,17-9+. The van der Waals surface area contributed by atoms with E-state index in [2.05, 4.69) is 50.3 Å². The molecule has 0 N–H and O–H groups in total. The molecule has 5 aromatic carbocycles. The number of nitro benzene ring substituents is 3. The quantitative estimate of drug-likeness (QED) is 0.0785. The number of non-ortho nitro benzene ring substituents is 3. The van der Waals surface area contributed by atoms with Crippen molar-refractivity contribution < 1.29 is 14.8 Å². The van der Waals surface area contributed by atoms with Crippen LogP contribution in [-0.2, 0) is 5.41 Å². The van der Waals surface area contributed by atoms with E-state index < -0.39 is 14.8 Å². The van der Waals surface area contributed by atoms with Crippen molar-refractivity contribution in [2.45, 2.75) is 32.1 Å². The maximum atomic E-state index is 11.2. The first-order valence-electron chi connectivity index (χ1n) is 16.2. The number of hydrogen-bond donors (Lipinski definition) is 0. The Balaban J connectivity index is 1.44. The Morgan fingerprint density at radius 2 is 0.860 bits per heavy atom. The summed E-state index contributed by atoms with van der Waals surface area (Å²) in [7, 11) is 0. The van der Waals surface area contributed by atoms with Crippen molar-refractivity contribution in [2.24, 2.45) is 0 Å². The van der Waals surface area contributed by atoms with Gasteiger partial charge in [-0.15, -0.1) is 0 Å². The van der Waals surface area contributed by atoms with Gasteiger partial charge in [0.2, 0.25) is 0 Å². The van der Waals surface area contributed by atoms with E-state index in [1.807, 2.05) is 30.4 Å². The molecule has 50 heavy (non-hydrogen) atoms. The lowest BCUT2D eigenvalue weighted by atomic mass is 9.73. The molecule has 1 aliphatic rings. The summed E-state index contributed by atoms with van der Waals surface area (Å²) in [5, 5.41) is 33.4. The van der Waals surface area contributed by atoms with Gasteiger partial charge < -0.3 is 0 Å². The predicted octanol–water partition coefficient (Wildman–Crippen LogP) is 11.0. The highest BCUT2D eigenvalue weighted by Crippen LogP contribution is 2.54. The lowest BCUT2D eigenvalue weighted by Crippen LogP contribution is -2.23. The number of benzene rings is 5. The fraction of sp³-hybridized carbons (Fsp3) is 0.122. The molecule has 0 aromatic heterocycles. The molecule has 9 heteroatoms. The number of hydrogen-bond acceptors (Lipinski definition) is 6. The predicted molar refractivity (Wildman–Crippen MR) is 199 cm³/mol. The van der Waals surface area contributed by atoms with Crippen LogP contribution in [-0.4, -0.2) is 14.8 Å². The van der Waals surface area contributed by atoms with E-state index in [0.29, 0.717) is 0 Å². The van der Waals surface area contributed by atoms with E-state index in [0.717, 1.165) is 57.3 Å². The van der Waals surface area contributed by atoms with Gasteiger partial charge in [-0.1, -0.05) is 74.6 Å². The SMILES string of the molecule is CCC1(CC)c2cc(/C=C/c3ccc([N+](=O)[O-])cc3)ccc2-c2c(/C=C/c3ccc([N+](=O)[O-])cc3)cc(/C=C/c3ccc([N+](=O)[O-])cc3)cc21. The summed E-state index contributed by atoms with van der Waals surface area (Å²) >= 11 is 0. The topological polar surface area (TPSA) is 129 Å². The van der Waals surface area contributed by atoms with E-state index in [4.69, 9.17) is 0 Å². The van der Waals surface area contributed by atoms with Crippen molar-refractivity contribution in [3.8, 4) is 11.1 Å². The molecule has 0 atom stereocenters. The van der Waals surface area contributed by atoms with Crippen LogP contribution in [0.5, 0.6) is 0 Å². The molecule has 0 bridgehead atoms. The van der Waals surface area contributed by atoms with Crippen molar-refractivity contribution in [3.63, 3.8) is 0 Å². The fourth-order valence-electron chi connectivity index (χ4n) is 6.72. The van der Waals surface area contributed by atoms with Gasteiger partial charge in [0.15, 0.2) is 0 Å². The van der Waals surface area contributed by atoms with Crippen molar-refractivity contribution in [2.75, 3.05) is 0 Å². The summed E-state index contributed by atoms with van der Waals surface area (Å²) in [6, 6.07) is 30.2. The van der Waals surface area contributed by atoms with E-state index in [1.165, 1.54) is 47.5 Å². The zero-order chi connectivity index (χ0) is 35.4. The highest BCUT2D eigenvalue weighted by molar-refractivity contribution is 5.92. The molecule has 0 saturated heterocycles. The third kappa shape index (κ3) is 6.61. The summed E-state index contributed by atoms with van der Waals surface area (Å²) in [6.07, 6.45) is 13.7. The zero-order valence-electron chi connectivity index (χ0n) is 27.5. The van der Waals surface area contributed by atoms with E-state index in [1.54, 1.807) is 36.4 Å². The van der Waals surface area contributed by atoms with Gasteiger partial charge in [-0.25, -0.2) is 0 Å². The molecule has 0 spiro atoms. The minimum absolute atomic E-state index is 0.0319. The van der Waals surface area contributed by atoms with Crippen LogP contribution >= 0.6 is 0 Å². The summed E-state index contributed by atoms with van der Waals surface area (Å²) in [5.41, 5.74) is 10.1. The number of nitrogens with zero attached hydrogens (tertiary/aromatic N) is 3. The monoisotopic (exact) mass is 663 g/mol. The molecular weight excluding hydrogens is 630 g/mol. The normalized spacial score (nSPS) is 13.2. The van der Waals surface area contributed by atoms with Gasteiger partial charge in [-0.05, 0) is 111 Å². The van der Waals surface area contributed by atoms with Crippen molar-refractivity contribution in [1.29, 1.82) is 0 Å². The molecule has 5 aromatic rings. The van der Waals surface area contributed by atoms with Gasteiger partial charge in [0.05, 0.1) is 14.8 Å². The van der Waals surface area contributed by atoms with Crippen molar-refractivity contribution in [1.82, 2.24) is 0 Å². The van der Waals surface area contributed by atoms with Crippen LogP contribution in [0, 0.1) is 30.3 Å². The Morgan fingerprint density at radius 3 is 1.30 bits per heavy atom. The first-order valence-corrected chi connectivity index (χ1v) is 16.2. The molecule has 0 amide bonds. The molecule has 248 valence electrons. The van der Waals surface area contributed by atoms with Crippen LogP contribution in [0.3, 0.4) is 0 Å². The third-order valence-electron chi connectivity index (χ3n) is 9.45. The zero-order valence-corrected chi connectivity index (χ0v) is 27.5. The Kier molecular flexibility index (Phi) is 9.32. The third-order valence-corrected chi connectivity index (χ3v) is 9.45. The first kappa shape index (κ1) is 33.4. The summed E-state index contributed by atoms with van der Waals surface area (Å²) in [6.45, 7) is 4.40. The Hall–Kier alpha value is -6.48. The largest absolute Gasteiger partial charge is 0.269 e. The molecule has 0 radical (unpaired) electrons. The molecule has 0 unspecified atom stereocenters. The highest BCUT2D eigenvalue weighted by atomic mass is 16.6. The molecule has 0 fully saturated rings. The van der Waals surface area contributed by atoms with Crippen LogP contribution in [0.4, 0.5) is 17.1 Å². The fourth-order valence-corrected chi connectivity index (χ4v) is 6.72. The van der Waals surface area contributed by atoms with Gasteiger partial charge in [0.25, 0.3) is 17.1 Å². The molecule has 9 nitrogen and oxygen atoms in total. The molecule has 1 aliphatic carbocycles. The first-order chi connectivity index (χ1) is 24.1. The maximum absolute atomic E-state index is 11.2. The van der Waals surface area contributed by atoms with Gasteiger partial charge in [-0.2, -0.15) is 0 Å². The van der Waals surface area contributed by atoms with Crippen molar-refractivity contribution in [3.05, 3.63) is 178 Å². The van der Waals surface area contributed by atoms with E-state index in [-0.39, 0.29) is 22.5 Å². The van der Waals surface area contributed by atoms with Crippen LogP contribution in [0.2, 0.25) is 0 Å². The lowest BCUT2D eigenvalue weighted by Gasteiger charge is -2.30. The van der Waals surface area contributed by atoms with Gasteiger partial charge in [-0.3, -0.25) is 30.3 Å². The lowest BCUT2D eigenvalue weighted by molar-refractivity contribution is -0.385. The smallest absolute Gasteiger partial charge is 0.258 e. The summed E-state index contributed by atoms with van der Waals surface area (Å²) < 4.78 is 0. The number of fused-ring (bicyclic) bond motifs is 3. The highest BCUT2D eigenvalue weighted by Gasteiger charge is 2.41. The Morgan fingerprint density at radius 1 is 0.480 bits per heavy atom. The van der Waals surface area contributed by atoms with Gasteiger partial charge in [0.1, 0.15) is 0 Å². The maximum Gasteiger partial charge on any atom is 0.269 e. The average molecular weight is 664 g/mol. The number of rotatable bonds is 11. The van der Waals surface area contributed by atoms with Gasteiger partial charge >= 0.3 is 0 Å². The second-order valence-corrected chi connectivity index (χ2v) is 12.2. The number of nitro groups is 3. The Labute approximate surface area is 289 Å². The Bertz CT molecular complexity index is 2200. The molecule has 0 heterocycles. The van der Waals surface area contributed by atoms with Crippen molar-refractivity contribution >= 4 is 53.5 Å². The average Bonchev–Trinajstić information content (AvgIpc) is 3.41. The molecule has 0 saturated carbocycles. The van der Waals surface area contributed by atoms with Crippen LogP contribution in [0.15, 0.2) is 103 Å². The van der Waals surface area contributed by atoms with Crippen LogP contribution in [0.1, 0.15) is 71.2 Å². The molecule has 0 aliphatic heterocycles. The summed E-state index contributed by atoms with van der Waals surface area (Å²) in [5.74, 6) is 0. The second kappa shape index (κ2) is 13.9. The van der Waals surface area contributed by atoms with Crippen LogP contribution < -0.4 is 0 Å². The molecular formula is C41H33N3O6. The summed E-state index contributed by atoms with van der Waals surface area (Å²) in [4.78, 5) is 32.2.